The second-order valence-corrected chi connectivity index (χ2v) is 7.40. The number of nitrogens with zero attached hydrogens (tertiary/aromatic N) is 3. The molecule has 134 valence electrons. The number of ether oxygens (including phenoxy) is 1. The molecule has 5 nitrogen and oxygen atoms in total. The highest BCUT2D eigenvalue weighted by Crippen LogP contribution is 2.37. The number of nitrogens with one attached hydrogen (secondary N) is 1. The molecule has 1 aliphatic rings. The lowest BCUT2D eigenvalue weighted by molar-refractivity contribution is 0.137. The van der Waals surface area contributed by atoms with Crippen LogP contribution in [0, 0.1) is 6.92 Å². The van der Waals surface area contributed by atoms with E-state index >= 15 is 0 Å². The van der Waals surface area contributed by atoms with E-state index in [-0.39, 0.29) is 5.60 Å². The Labute approximate surface area is 154 Å². The van der Waals surface area contributed by atoms with Crippen LogP contribution in [0.2, 0.25) is 0 Å². The molecular weight excluding hydrogens is 324 g/mol. The molecule has 4 rings (SSSR count). The van der Waals surface area contributed by atoms with E-state index in [1.807, 2.05) is 37.3 Å². The fraction of sp³-hybridized carbons (Fsp3) is 0.333. The van der Waals surface area contributed by atoms with Gasteiger partial charge in [0, 0.05) is 25.1 Å². The summed E-state index contributed by atoms with van der Waals surface area (Å²) in [4.78, 5) is 1.69. The van der Waals surface area contributed by atoms with Crippen molar-refractivity contribution >= 4 is 0 Å². The first kappa shape index (κ1) is 16.8. The van der Waals surface area contributed by atoms with E-state index in [0.29, 0.717) is 6.54 Å². The SMILES string of the molecule is Cc1nn(-c2ccccc2)nc1CNCc1cccc2c1OC(C)(C)C2. The van der Waals surface area contributed by atoms with Gasteiger partial charge in [-0.2, -0.15) is 15.0 Å². The Balaban J connectivity index is 1.44. The molecule has 5 heteroatoms. The number of hydrogen-bond donors (Lipinski definition) is 1. The lowest BCUT2D eigenvalue weighted by Gasteiger charge is -2.18. The van der Waals surface area contributed by atoms with Gasteiger partial charge in [0.2, 0.25) is 0 Å². The van der Waals surface area contributed by atoms with Crippen molar-refractivity contribution in [2.75, 3.05) is 0 Å². The first-order valence-electron chi connectivity index (χ1n) is 9.01. The van der Waals surface area contributed by atoms with Gasteiger partial charge in [0.05, 0.1) is 17.1 Å². The lowest BCUT2D eigenvalue weighted by atomic mass is 10.0. The summed E-state index contributed by atoms with van der Waals surface area (Å²) in [6, 6.07) is 16.4. The van der Waals surface area contributed by atoms with Crippen LogP contribution in [0.1, 0.15) is 36.4 Å². The number of fused-ring (bicyclic) bond motifs is 1. The zero-order valence-corrected chi connectivity index (χ0v) is 15.5. The van der Waals surface area contributed by atoms with Gasteiger partial charge in [-0.1, -0.05) is 36.4 Å². The highest BCUT2D eigenvalue weighted by Gasteiger charge is 2.31. The largest absolute Gasteiger partial charge is 0.487 e. The number of benzene rings is 2. The molecule has 0 atom stereocenters. The summed E-state index contributed by atoms with van der Waals surface area (Å²) in [6.45, 7) is 7.68. The van der Waals surface area contributed by atoms with Crippen LogP contribution in [0.25, 0.3) is 5.69 Å². The molecule has 1 N–H and O–H groups in total. The monoisotopic (exact) mass is 348 g/mol. The molecular formula is C21H24N4O. The van der Waals surface area contributed by atoms with E-state index in [9.17, 15) is 0 Å². The van der Waals surface area contributed by atoms with Crippen molar-refractivity contribution in [2.45, 2.75) is 45.9 Å². The van der Waals surface area contributed by atoms with E-state index in [1.54, 1.807) is 4.80 Å². The molecule has 0 spiro atoms. The number of rotatable bonds is 5. The van der Waals surface area contributed by atoms with Crippen molar-refractivity contribution < 1.29 is 4.74 Å². The maximum Gasteiger partial charge on any atom is 0.127 e. The Morgan fingerprint density at radius 1 is 1.04 bits per heavy atom. The van der Waals surface area contributed by atoms with Crippen molar-refractivity contribution in [3.8, 4) is 11.4 Å². The third-order valence-corrected chi connectivity index (χ3v) is 4.65. The molecule has 0 saturated heterocycles. The van der Waals surface area contributed by atoms with Gasteiger partial charge in [0.25, 0.3) is 0 Å². The standard InChI is InChI=1S/C21H24N4O/c1-15-19(24-25(23-15)18-10-5-4-6-11-18)14-22-13-17-9-7-8-16-12-21(2,3)26-20(16)17/h4-11,22H,12-14H2,1-3H3. The summed E-state index contributed by atoms with van der Waals surface area (Å²) in [5.41, 5.74) is 5.24. The summed E-state index contributed by atoms with van der Waals surface area (Å²) in [5, 5.41) is 12.6. The van der Waals surface area contributed by atoms with Gasteiger partial charge in [-0.15, -0.1) is 0 Å². The summed E-state index contributed by atoms with van der Waals surface area (Å²) in [5.74, 6) is 1.04. The second-order valence-electron chi connectivity index (χ2n) is 7.40. The first-order valence-corrected chi connectivity index (χ1v) is 9.01. The fourth-order valence-corrected chi connectivity index (χ4v) is 3.38. The third-order valence-electron chi connectivity index (χ3n) is 4.65. The second kappa shape index (κ2) is 6.57. The average Bonchev–Trinajstić information content (AvgIpc) is 3.14. The van der Waals surface area contributed by atoms with Gasteiger partial charge < -0.3 is 10.1 Å². The lowest BCUT2D eigenvalue weighted by Crippen LogP contribution is -2.25. The van der Waals surface area contributed by atoms with Crippen LogP contribution < -0.4 is 10.1 Å². The molecule has 0 unspecified atom stereocenters. The van der Waals surface area contributed by atoms with E-state index in [0.717, 1.165) is 35.8 Å². The molecule has 0 radical (unpaired) electrons. The molecule has 0 fully saturated rings. The van der Waals surface area contributed by atoms with Gasteiger partial charge in [-0.3, -0.25) is 0 Å². The molecule has 2 heterocycles. The molecule has 1 aliphatic heterocycles. The Hall–Kier alpha value is -2.66. The predicted molar refractivity (Wildman–Crippen MR) is 101 cm³/mol. The molecule has 2 aromatic carbocycles. The molecule has 0 bridgehead atoms. The number of para-hydroxylation sites is 2. The van der Waals surface area contributed by atoms with Gasteiger partial charge in [0.15, 0.2) is 0 Å². The minimum absolute atomic E-state index is 0.118. The van der Waals surface area contributed by atoms with Crippen LogP contribution in [0.3, 0.4) is 0 Å². The van der Waals surface area contributed by atoms with Crippen molar-refractivity contribution in [1.29, 1.82) is 0 Å². The van der Waals surface area contributed by atoms with Crippen LogP contribution in [0.4, 0.5) is 0 Å². The Bertz CT molecular complexity index is 915. The van der Waals surface area contributed by atoms with Crippen LogP contribution in [0.5, 0.6) is 5.75 Å². The van der Waals surface area contributed by atoms with Crippen LogP contribution in [-0.2, 0) is 19.5 Å². The van der Waals surface area contributed by atoms with Crippen LogP contribution in [-0.4, -0.2) is 20.6 Å². The fourth-order valence-electron chi connectivity index (χ4n) is 3.38. The molecule has 26 heavy (non-hydrogen) atoms. The zero-order valence-electron chi connectivity index (χ0n) is 15.5. The maximum absolute atomic E-state index is 6.14. The minimum atomic E-state index is -0.118. The summed E-state index contributed by atoms with van der Waals surface area (Å²) >= 11 is 0. The van der Waals surface area contributed by atoms with Gasteiger partial charge in [-0.25, -0.2) is 0 Å². The minimum Gasteiger partial charge on any atom is -0.487 e. The quantitative estimate of drug-likeness (QED) is 0.766. The van der Waals surface area contributed by atoms with Crippen LogP contribution in [0.15, 0.2) is 48.5 Å². The molecule has 0 amide bonds. The van der Waals surface area contributed by atoms with Gasteiger partial charge in [0.1, 0.15) is 11.4 Å². The topological polar surface area (TPSA) is 52.0 Å². The highest BCUT2D eigenvalue weighted by atomic mass is 16.5. The van der Waals surface area contributed by atoms with Crippen molar-refractivity contribution in [3.63, 3.8) is 0 Å². The Morgan fingerprint density at radius 2 is 1.85 bits per heavy atom. The van der Waals surface area contributed by atoms with Gasteiger partial charge in [-0.05, 0) is 38.5 Å². The molecule has 3 aromatic rings. The Kier molecular flexibility index (Phi) is 4.24. The van der Waals surface area contributed by atoms with Crippen molar-refractivity contribution in [2.24, 2.45) is 0 Å². The van der Waals surface area contributed by atoms with Gasteiger partial charge >= 0.3 is 0 Å². The van der Waals surface area contributed by atoms with E-state index in [2.05, 4.69) is 47.6 Å². The average molecular weight is 348 g/mol. The predicted octanol–water partition coefficient (Wildman–Crippen LogP) is 3.58. The normalized spacial score (nSPS) is 14.9. The molecule has 0 aliphatic carbocycles. The summed E-state index contributed by atoms with van der Waals surface area (Å²) in [7, 11) is 0. The third kappa shape index (κ3) is 3.35. The highest BCUT2D eigenvalue weighted by molar-refractivity contribution is 5.45. The zero-order chi connectivity index (χ0) is 18.1. The molecule has 1 aromatic heterocycles. The van der Waals surface area contributed by atoms with E-state index < -0.39 is 0 Å². The summed E-state index contributed by atoms with van der Waals surface area (Å²) in [6.07, 6.45) is 0.959. The number of aromatic nitrogens is 3. The van der Waals surface area contributed by atoms with E-state index in [4.69, 9.17) is 4.74 Å². The van der Waals surface area contributed by atoms with Crippen molar-refractivity contribution in [3.05, 3.63) is 71.0 Å². The van der Waals surface area contributed by atoms with Crippen molar-refractivity contribution in [1.82, 2.24) is 20.3 Å². The number of hydrogen-bond acceptors (Lipinski definition) is 4. The first-order chi connectivity index (χ1) is 12.5. The van der Waals surface area contributed by atoms with Crippen LogP contribution >= 0.6 is 0 Å². The molecule has 0 saturated carbocycles. The maximum atomic E-state index is 6.14. The van der Waals surface area contributed by atoms with E-state index in [1.165, 1.54) is 11.1 Å². The summed E-state index contributed by atoms with van der Waals surface area (Å²) < 4.78 is 6.14. The smallest absolute Gasteiger partial charge is 0.127 e. The Morgan fingerprint density at radius 3 is 2.65 bits per heavy atom. The number of aryl methyl sites for hydroxylation is 1.